The number of imide groups is 1. The number of nitrogens with one attached hydrogen (secondary N) is 4. The predicted molar refractivity (Wildman–Crippen MR) is 236 cm³/mol. The van der Waals surface area contributed by atoms with Crippen LogP contribution in [0.1, 0.15) is 41.4 Å². The fourth-order valence-electron chi connectivity index (χ4n) is 5.56. The van der Waals surface area contributed by atoms with E-state index < -0.39 is 134 Å². The van der Waals surface area contributed by atoms with Crippen LogP contribution in [0.25, 0.3) is 0 Å². The van der Waals surface area contributed by atoms with Gasteiger partial charge < -0.3 is 83.8 Å². The van der Waals surface area contributed by atoms with Crippen molar-refractivity contribution in [3.8, 4) is 0 Å². The molecule has 0 heterocycles. The lowest BCUT2D eigenvalue weighted by molar-refractivity contribution is -0.117. The van der Waals surface area contributed by atoms with E-state index in [4.69, 9.17) is 21.7 Å². The van der Waals surface area contributed by atoms with Crippen LogP contribution in [-0.4, -0.2) is 175 Å². The van der Waals surface area contributed by atoms with Crippen LogP contribution in [-0.2, 0) is 9.59 Å². The van der Waals surface area contributed by atoms with Crippen molar-refractivity contribution < 1.29 is 79.8 Å². The molecule has 0 spiro atoms. The van der Waals surface area contributed by atoms with E-state index >= 15 is 0 Å². The average molecular weight is 1100 g/mol. The summed E-state index contributed by atoms with van der Waals surface area (Å²) in [7, 11) is 0. The Balaban J connectivity index is 2.08. The first-order chi connectivity index (χ1) is 30.1. The van der Waals surface area contributed by atoms with Crippen molar-refractivity contribution in [1.29, 1.82) is 0 Å². The number of amides is 6. The van der Waals surface area contributed by atoms with Gasteiger partial charge in [-0.25, -0.2) is 4.90 Å². The third-order valence-electron chi connectivity index (χ3n) is 9.20. The molecule has 3 rings (SSSR count). The van der Waals surface area contributed by atoms with E-state index in [1.807, 2.05) is 0 Å². The number of aliphatic hydroxyl groups is 10. The maximum absolute atomic E-state index is 14.3. The van der Waals surface area contributed by atoms with E-state index in [-0.39, 0.29) is 36.8 Å². The number of hydrogen-bond donors (Lipinski definition) is 16. The molecular weight excluding hydrogens is 1050 g/mol. The number of anilines is 3. The minimum Gasteiger partial charge on any atom is -0.394 e. The molecule has 8 unspecified atom stereocenters. The molecule has 0 aliphatic rings. The molecule has 18 N–H and O–H groups in total. The summed E-state index contributed by atoms with van der Waals surface area (Å²) in [5, 5.41) is 109. The molecule has 26 heteroatoms. The van der Waals surface area contributed by atoms with Crippen molar-refractivity contribution in [2.45, 2.75) is 48.8 Å². The summed E-state index contributed by atoms with van der Waals surface area (Å²) in [5.74, 6) is -5.52. The van der Waals surface area contributed by atoms with Gasteiger partial charge in [0.15, 0.2) is 0 Å². The standard InChI is InChI=1S/C38H46Br3N7O16/c39-27-25(36(62)44-11-19(51)31(57)33(59)21(53)13-49)28(40)30(29(41)26(27)37(63)45-12-20(52)32(58)34(60)22(54)14-50)48(24(56)10-43)38(64)16-3-7-18(8-4-16)47-35(61)15-1-5-17(6-2-15)46-23(55)9-42/h1-8,19-22,31-34,49-54,57-60H,9-14,42-43H2,(H,44,62)(H,45,63)(H,46,55)(H,47,61). The number of benzene rings is 3. The second-order valence-electron chi connectivity index (χ2n) is 13.7. The Kier molecular flexibility index (Phi) is 20.9. The highest BCUT2D eigenvalue weighted by Crippen LogP contribution is 2.45. The molecular formula is C38H46Br3N7O16. The topological polar surface area (TPSA) is 408 Å². The second-order valence-corrected chi connectivity index (χ2v) is 16.0. The molecule has 0 aromatic heterocycles. The molecule has 0 bridgehead atoms. The van der Waals surface area contributed by atoms with Crippen LogP contribution >= 0.6 is 47.8 Å². The highest BCUT2D eigenvalue weighted by atomic mass is 79.9. The number of nitrogens with zero attached hydrogens (tertiary/aromatic N) is 1. The minimum absolute atomic E-state index is 0.194. The predicted octanol–water partition coefficient (Wildman–Crippen LogP) is -3.41. The zero-order valence-electron chi connectivity index (χ0n) is 33.1. The first kappa shape index (κ1) is 54.0. The number of rotatable bonds is 21. The molecule has 0 fully saturated rings. The van der Waals surface area contributed by atoms with Gasteiger partial charge in [-0.3, -0.25) is 28.8 Å². The van der Waals surface area contributed by atoms with Crippen LogP contribution in [0.2, 0.25) is 0 Å². The lowest BCUT2D eigenvalue weighted by atomic mass is 10.0. The van der Waals surface area contributed by atoms with Crippen LogP contribution in [0.15, 0.2) is 61.9 Å². The summed E-state index contributed by atoms with van der Waals surface area (Å²) in [6.07, 6.45) is -16.0. The summed E-state index contributed by atoms with van der Waals surface area (Å²) in [6, 6.07) is 10.9. The number of aliphatic hydroxyl groups excluding tert-OH is 10. The third-order valence-corrected chi connectivity index (χ3v) is 11.5. The Hall–Kier alpha value is -4.36. The molecule has 3 aromatic carbocycles. The minimum atomic E-state index is -2.10. The Morgan fingerprint density at radius 1 is 0.531 bits per heavy atom. The van der Waals surface area contributed by atoms with Crippen LogP contribution in [0, 0.1) is 0 Å². The Morgan fingerprint density at radius 3 is 1.31 bits per heavy atom. The number of hydrogen-bond acceptors (Lipinski definition) is 18. The van der Waals surface area contributed by atoms with Gasteiger partial charge in [0.25, 0.3) is 23.6 Å². The second kappa shape index (κ2) is 24.8. The smallest absolute Gasteiger partial charge is 0.265 e. The summed E-state index contributed by atoms with van der Waals surface area (Å²) in [4.78, 5) is 80.6. The van der Waals surface area contributed by atoms with E-state index in [0.717, 1.165) is 0 Å². The molecule has 0 saturated heterocycles. The fourth-order valence-corrected chi connectivity index (χ4v) is 8.62. The quantitative estimate of drug-likeness (QED) is 0.0494. The molecule has 0 radical (unpaired) electrons. The van der Waals surface area contributed by atoms with Gasteiger partial charge in [0.1, 0.15) is 36.6 Å². The maximum atomic E-state index is 14.3. The molecule has 3 aromatic rings. The maximum Gasteiger partial charge on any atom is 0.265 e. The van der Waals surface area contributed by atoms with Crippen molar-refractivity contribution in [1.82, 2.24) is 10.6 Å². The molecule has 350 valence electrons. The zero-order chi connectivity index (χ0) is 48.2. The lowest BCUT2D eigenvalue weighted by Crippen LogP contribution is -2.50. The van der Waals surface area contributed by atoms with Gasteiger partial charge in [-0.1, -0.05) is 0 Å². The molecule has 23 nitrogen and oxygen atoms in total. The van der Waals surface area contributed by atoms with E-state index in [9.17, 15) is 69.6 Å². The summed E-state index contributed by atoms with van der Waals surface area (Å²) in [5.41, 5.74) is 10.0. The van der Waals surface area contributed by atoms with Gasteiger partial charge in [-0.15, -0.1) is 0 Å². The van der Waals surface area contributed by atoms with Gasteiger partial charge in [0.2, 0.25) is 11.8 Å². The molecule has 6 amide bonds. The van der Waals surface area contributed by atoms with Gasteiger partial charge in [0.05, 0.1) is 64.3 Å². The fraction of sp³-hybridized carbons (Fsp3) is 0.368. The molecule has 0 aliphatic carbocycles. The van der Waals surface area contributed by atoms with E-state index in [0.29, 0.717) is 10.6 Å². The lowest BCUT2D eigenvalue weighted by Gasteiger charge is -2.28. The largest absolute Gasteiger partial charge is 0.394 e. The number of halogens is 3. The number of carbonyl (C=O) groups excluding carboxylic acids is 6. The van der Waals surface area contributed by atoms with E-state index in [2.05, 4.69) is 69.1 Å². The van der Waals surface area contributed by atoms with Crippen molar-refractivity contribution in [2.75, 3.05) is 54.9 Å². The van der Waals surface area contributed by atoms with Crippen molar-refractivity contribution >= 4 is 100 Å². The average Bonchev–Trinajstić information content (AvgIpc) is 3.29. The highest BCUT2D eigenvalue weighted by molar-refractivity contribution is 9.11. The third kappa shape index (κ3) is 13.4. The molecule has 64 heavy (non-hydrogen) atoms. The molecule has 8 atom stereocenters. The van der Waals surface area contributed by atoms with Gasteiger partial charge in [-0.2, -0.15) is 0 Å². The summed E-state index contributed by atoms with van der Waals surface area (Å²) < 4.78 is -1.10. The Morgan fingerprint density at radius 2 is 0.922 bits per heavy atom. The van der Waals surface area contributed by atoms with Crippen LogP contribution in [0.4, 0.5) is 17.1 Å². The Bertz CT molecular complexity index is 2080. The summed E-state index contributed by atoms with van der Waals surface area (Å²) >= 11 is 9.60. The number of carbonyl (C=O) groups is 6. The molecule has 0 aliphatic heterocycles. The first-order valence-electron chi connectivity index (χ1n) is 18.7. The van der Waals surface area contributed by atoms with E-state index in [1.54, 1.807) is 0 Å². The zero-order valence-corrected chi connectivity index (χ0v) is 37.9. The van der Waals surface area contributed by atoms with Crippen LogP contribution in [0.3, 0.4) is 0 Å². The monoisotopic (exact) mass is 1090 g/mol. The normalized spacial score (nSPS) is 15.0. The number of nitrogens with two attached hydrogens (primary N) is 2. The van der Waals surface area contributed by atoms with Crippen LogP contribution in [0.5, 0.6) is 0 Å². The SMILES string of the molecule is NCC(=O)Nc1ccc(C(=O)Nc2ccc(C(=O)N(C(=O)CN)c3c(Br)c(C(=O)NCC(O)C(O)C(O)C(O)CO)c(Br)c(C(=O)NCC(O)C(O)C(O)C(O)CO)c3Br)cc2)cc1. The van der Waals surface area contributed by atoms with Crippen molar-refractivity contribution in [3.63, 3.8) is 0 Å². The Labute approximate surface area is 388 Å². The van der Waals surface area contributed by atoms with Gasteiger partial charge in [-0.05, 0) is 96.3 Å². The van der Waals surface area contributed by atoms with Crippen LogP contribution < -0.4 is 37.6 Å². The summed E-state index contributed by atoms with van der Waals surface area (Å²) in [6.45, 7) is -4.72. The van der Waals surface area contributed by atoms with Crippen molar-refractivity contribution in [3.05, 3.63) is 84.2 Å². The highest BCUT2D eigenvalue weighted by Gasteiger charge is 2.37. The van der Waals surface area contributed by atoms with Gasteiger partial charge in [0, 0.05) is 40.1 Å². The van der Waals surface area contributed by atoms with E-state index in [1.165, 1.54) is 48.5 Å². The van der Waals surface area contributed by atoms with Crippen molar-refractivity contribution in [2.24, 2.45) is 11.5 Å². The van der Waals surface area contributed by atoms with Gasteiger partial charge >= 0.3 is 0 Å². The first-order valence-corrected chi connectivity index (χ1v) is 21.0. The molecule has 0 saturated carbocycles.